The van der Waals surface area contributed by atoms with E-state index in [-0.39, 0.29) is 12.0 Å². The van der Waals surface area contributed by atoms with E-state index in [1.807, 2.05) is 0 Å². The molecule has 2 heterocycles. The summed E-state index contributed by atoms with van der Waals surface area (Å²) < 4.78 is 7.00. The zero-order valence-electron chi connectivity index (χ0n) is 9.59. The van der Waals surface area contributed by atoms with Crippen molar-refractivity contribution in [2.45, 2.75) is 18.9 Å². The zero-order valence-corrected chi connectivity index (χ0v) is 9.59. The van der Waals surface area contributed by atoms with Crippen LogP contribution in [0.3, 0.4) is 0 Å². The summed E-state index contributed by atoms with van der Waals surface area (Å²) in [5.74, 6) is -0.108. The molecule has 0 bridgehead atoms. The number of ether oxygens (including phenoxy) is 1. The predicted molar refractivity (Wildman–Crippen MR) is 56.9 cm³/mol. The van der Waals surface area contributed by atoms with Crippen molar-refractivity contribution < 1.29 is 9.53 Å². The quantitative estimate of drug-likeness (QED) is 0.728. The highest BCUT2D eigenvalue weighted by Crippen LogP contribution is 2.13. The summed E-state index contributed by atoms with van der Waals surface area (Å²) >= 11 is 0. The number of carbonyl (C=O) groups excluding carboxylic acids is 1. The van der Waals surface area contributed by atoms with E-state index in [9.17, 15) is 4.79 Å². The lowest BCUT2D eigenvalue weighted by molar-refractivity contribution is 0.0582. The number of carbonyl (C=O) groups is 1. The number of hydrogen-bond acceptors (Lipinski definition) is 4. The van der Waals surface area contributed by atoms with Gasteiger partial charge >= 0.3 is 0 Å². The van der Waals surface area contributed by atoms with Gasteiger partial charge in [0.25, 0.3) is 5.91 Å². The number of rotatable bonds is 3. The summed E-state index contributed by atoms with van der Waals surface area (Å²) in [6.45, 7) is 1.42. The van der Waals surface area contributed by atoms with E-state index in [2.05, 4.69) is 10.3 Å². The summed E-state index contributed by atoms with van der Waals surface area (Å²) in [6, 6.07) is 0. The maximum absolute atomic E-state index is 11.9. The summed E-state index contributed by atoms with van der Waals surface area (Å²) in [5, 5.41) is 7.53. The van der Waals surface area contributed by atoms with Gasteiger partial charge in [0, 0.05) is 27.2 Å². The van der Waals surface area contributed by atoms with E-state index in [0.717, 1.165) is 19.4 Å². The van der Waals surface area contributed by atoms with E-state index < -0.39 is 0 Å². The van der Waals surface area contributed by atoms with Crippen LogP contribution in [0, 0.1) is 0 Å². The van der Waals surface area contributed by atoms with Crippen LogP contribution < -0.4 is 0 Å². The van der Waals surface area contributed by atoms with Gasteiger partial charge < -0.3 is 9.64 Å². The van der Waals surface area contributed by atoms with Gasteiger partial charge in [-0.2, -0.15) is 0 Å². The summed E-state index contributed by atoms with van der Waals surface area (Å²) in [4.78, 5) is 13.5. The normalized spacial score (nSPS) is 20.0. The predicted octanol–water partition coefficient (Wildman–Crippen LogP) is 0.0661. The van der Waals surface area contributed by atoms with E-state index in [1.165, 1.54) is 4.68 Å². The fraction of sp³-hybridized carbons (Fsp3) is 0.700. The molecule has 0 N–H and O–H groups in total. The van der Waals surface area contributed by atoms with Crippen molar-refractivity contribution in [3.8, 4) is 0 Å². The summed E-state index contributed by atoms with van der Waals surface area (Å²) in [7, 11) is 3.50. The number of aromatic nitrogens is 3. The van der Waals surface area contributed by atoms with Crippen molar-refractivity contribution >= 4 is 5.91 Å². The molecule has 0 saturated carbocycles. The average Bonchev–Trinajstić information content (AvgIpc) is 2.88. The molecule has 1 saturated heterocycles. The highest BCUT2D eigenvalue weighted by Gasteiger charge is 2.22. The lowest BCUT2D eigenvalue weighted by atomic mass is 10.2. The van der Waals surface area contributed by atoms with Crippen LogP contribution in [0.5, 0.6) is 0 Å². The lowest BCUT2D eigenvalue weighted by Gasteiger charge is -2.19. The minimum absolute atomic E-state index is 0.108. The molecular weight excluding hydrogens is 208 g/mol. The molecule has 1 atom stereocenters. The standard InChI is InChI=1S/C10H16N4O2/c1-13(6-8-4-3-5-16-8)10(15)9-7-14(2)12-11-9/h7-8H,3-6H2,1-2H3/t8-/m1/s1. The third-order valence-electron chi connectivity index (χ3n) is 2.67. The monoisotopic (exact) mass is 224 g/mol. The first-order valence-electron chi connectivity index (χ1n) is 5.40. The minimum Gasteiger partial charge on any atom is -0.376 e. The van der Waals surface area contributed by atoms with Crippen LogP contribution in [0.1, 0.15) is 23.3 Å². The van der Waals surface area contributed by atoms with Crippen molar-refractivity contribution in [1.82, 2.24) is 19.9 Å². The van der Waals surface area contributed by atoms with Crippen molar-refractivity contribution in [1.29, 1.82) is 0 Å². The average molecular weight is 224 g/mol. The number of hydrogen-bond donors (Lipinski definition) is 0. The van der Waals surface area contributed by atoms with Gasteiger partial charge in [0.2, 0.25) is 0 Å². The van der Waals surface area contributed by atoms with Crippen LogP contribution >= 0.6 is 0 Å². The number of nitrogens with zero attached hydrogens (tertiary/aromatic N) is 4. The second-order valence-electron chi connectivity index (χ2n) is 4.10. The topological polar surface area (TPSA) is 60.2 Å². The lowest BCUT2D eigenvalue weighted by Crippen LogP contribution is -2.34. The molecule has 0 aliphatic carbocycles. The molecule has 88 valence electrons. The first-order chi connectivity index (χ1) is 7.66. The molecule has 6 nitrogen and oxygen atoms in total. The second-order valence-corrected chi connectivity index (χ2v) is 4.10. The Labute approximate surface area is 94.2 Å². The molecule has 1 aliphatic heterocycles. The Morgan fingerprint density at radius 1 is 1.75 bits per heavy atom. The van der Waals surface area contributed by atoms with E-state index in [1.54, 1.807) is 25.2 Å². The first kappa shape index (κ1) is 11.1. The molecule has 0 unspecified atom stereocenters. The Kier molecular flexibility index (Phi) is 3.19. The van der Waals surface area contributed by atoms with Crippen molar-refractivity contribution in [2.24, 2.45) is 7.05 Å². The van der Waals surface area contributed by atoms with Crippen molar-refractivity contribution in [2.75, 3.05) is 20.2 Å². The first-order valence-corrected chi connectivity index (χ1v) is 5.40. The van der Waals surface area contributed by atoms with Gasteiger partial charge in [0.15, 0.2) is 5.69 Å². The van der Waals surface area contributed by atoms with Crippen LogP contribution in [0.2, 0.25) is 0 Å². The molecule has 0 radical (unpaired) electrons. The molecule has 1 amide bonds. The Morgan fingerprint density at radius 2 is 2.56 bits per heavy atom. The van der Waals surface area contributed by atoms with Gasteiger partial charge in [-0.3, -0.25) is 9.48 Å². The fourth-order valence-electron chi connectivity index (χ4n) is 1.82. The fourth-order valence-corrected chi connectivity index (χ4v) is 1.82. The highest BCUT2D eigenvalue weighted by atomic mass is 16.5. The molecule has 1 aliphatic rings. The molecule has 0 spiro atoms. The minimum atomic E-state index is -0.108. The van der Waals surface area contributed by atoms with Crippen LogP contribution in [0.15, 0.2) is 6.20 Å². The number of aryl methyl sites for hydroxylation is 1. The Hall–Kier alpha value is -1.43. The molecular formula is C10H16N4O2. The van der Waals surface area contributed by atoms with Gasteiger partial charge in [-0.05, 0) is 12.8 Å². The molecule has 1 aromatic heterocycles. The van der Waals surface area contributed by atoms with Gasteiger partial charge in [0.05, 0.1) is 12.3 Å². The van der Waals surface area contributed by atoms with Crippen LogP contribution in [0.4, 0.5) is 0 Å². The van der Waals surface area contributed by atoms with E-state index >= 15 is 0 Å². The van der Waals surface area contributed by atoms with Crippen LogP contribution in [-0.4, -0.2) is 52.1 Å². The zero-order chi connectivity index (χ0) is 11.5. The maximum Gasteiger partial charge on any atom is 0.275 e. The molecule has 2 rings (SSSR count). The third-order valence-corrected chi connectivity index (χ3v) is 2.67. The smallest absolute Gasteiger partial charge is 0.275 e. The Morgan fingerprint density at radius 3 is 3.12 bits per heavy atom. The SMILES string of the molecule is CN(C[C@H]1CCCO1)C(=O)c1cn(C)nn1. The molecule has 6 heteroatoms. The molecule has 1 aromatic rings. The van der Waals surface area contributed by atoms with E-state index in [4.69, 9.17) is 4.74 Å². The highest BCUT2D eigenvalue weighted by molar-refractivity contribution is 5.91. The summed E-state index contributed by atoms with van der Waals surface area (Å²) in [6.07, 6.45) is 3.90. The van der Waals surface area contributed by atoms with Crippen LogP contribution in [-0.2, 0) is 11.8 Å². The molecule has 0 aromatic carbocycles. The van der Waals surface area contributed by atoms with E-state index in [0.29, 0.717) is 12.2 Å². The van der Waals surface area contributed by atoms with Gasteiger partial charge in [-0.25, -0.2) is 0 Å². The maximum atomic E-state index is 11.9. The second kappa shape index (κ2) is 4.61. The van der Waals surface area contributed by atoms with Gasteiger partial charge in [-0.1, -0.05) is 5.21 Å². The Balaban J connectivity index is 1.93. The van der Waals surface area contributed by atoms with Gasteiger partial charge in [-0.15, -0.1) is 5.10 Å². The number of amides is 1. The van der Waals surface area contributed by atoms with Crippen molar-refractivity contribution in [3.63, 3.8) is 0 Å². The summed E-state index contributed by atoms with van der Waals surface area (Å²) in [5.41, 5.74) is 0.378. The largest absolute Gasteiger partial charge is 0.376 e. The van der Waals surface area contributed by atoms with Crippen LogP contribution in [0.25, 0.3) is 0 Å². The van der Waals surface area contributed by atoms with Crippen molar-refractivity contribution in [3.05, 3.63) is 11.9 Å². The number of likely N-dealkylation sites (N-methyl/N-ethyl adjacent to an activating group) is 1. The Bertz CT molecular complexity index is 371. The third kappa shape index (κ3) is 2.38. The van der Waals surface area contributed by atoms with Gasteiger partial charge in [0.1, 0.15) is 0 Å². The molecule has 1 fully saturated rings. The molecule has 16 heavy (non-hydrogen) atoms.